The molecule has 0 spiro atoms. The maximum absolute atomic E-state index is 13.4. The zero-order chi connectivity index (χ0) is 22.0. The second-order valence-electron chi connectivity index (χ2n) is 7.80. The lowest BCUT2D eigenvalue weighted by atomic mass is 10.0. The Morgan fingerprint density at radius 2 is 1.74 bits per heavy atom. The second kappa shape index (κ2) is 8.89. The number of piperidine rings is 1. The quantitative estimate of drug-likeness (QED) is 0.664. The van der Waals surface area contributed by atoms with Crippen LogP contribution < -0.4 is 10.9 Å². The highest BCUT2D eigenvalue weighted by Gasteiger charge is 2.28. The summed E-state index contributed by atoms with van der Waals surface area (Å²) in [5.41, 5.74) is 2.43. The van der Waals surface area contributed by atoms with E-state index in [9.17, 15) is 14.4 Å². The molecule has 6 nitrogen and oxygen atoms in total. The van der Waals surface area contributed by atoms with Crippen LogP contribution in [0.5, 0.6) is 0 Å². The molecule has 1 saturated heterocycles. The number of pyridine rings is 1. The van der Waals surface area contributed by atoms with Gasteiger partial charge in [0.2, 0.25) is 0 Å². The summed E-state index contributed by atoms with van der Waals surface area (Å²) in [4.78, 5) is 41.1. The van der Waals surface area contributed by atoms with Crippen LogP contribution in [0.4, 0.5) is 5.00 Å². The molecule has 1 aromatic carbocycles. The Labute approximate surface area is 185 Å². The summed E-state index contributed by atoms with van der Waals surface area (Å²) < 4.78 is 1.41. The van der Waals surface area contributed by atoms with Crippen LogP contribution >= 0.6 is 11.3 Å². The first-order valence-electron chi connectivity index (χ1n) is 10.4. The van der Waals surface area contributed by atoms with Gasteiger partial charge in [0.1, 0.15) is 5.00 Å². The van der Waals surface area contributed by atoms with Crippen molar-refractivity contribution in [3.8, 4) is 10.4 Å². The fourth-order valence-corrected chi connectivity index (χ4v) is 5.04. The summed E-state index contributed by atoms with van der Waals surface area (Å²) in [7, 11) is 1.63. The number of nitrogens with one attached hydrogen (secondary N) is 1. The lowest BCUT2D eigenvalue weighted by Crippen LogP contribution is -2.36. The number of carbonyl (C=O) groups excluding carboxylic acids is 2. The molecule has 160 valence electrons. The van der Waals surface area contributed by atoms with Gasteiger partial charge < -0.3 is 14.8 Å². The molecule has 2 amide bonds. The third-order valence-corrected chi connectivity index (χ3v) is 6.89. The van der Waals surface area contributed by atoms with Crippen molar-refractivity contribution in [2.45, 2.75) is 26.2 Å². The molecule has 2 aromatic heterocycles. The summed E-state index contributed by atoms with van der Waals surface area (Å²) in [6.07, 6.45) is 4.69. The molecular weight excluding hydrogens is 410 g/mol. The van der Waals surface area contributed by atoms with Crippen LogP contribution in [-0.2, 0) is 7.05 Å². The Kier molecular flexibility index (Phi) is 6.04. The highest BCUT2D eigenvalue weighted by Crippen LogP contribution is 2.41. The number of amides is 2. The van der Waals surface area contributed by atoms with Crippen molar-refractivity contribution < 1.29 is 9.59 Å². The number of nitrogens with zero attached hydrogens (tertiary/aromatic N) is 2. The molecule has 3 heterocycles. The van der Waals surface area contributed by atoms with Gasteiger partial charge in [-0.2, -0.15) is 0 Å². The molecule has 4 rings (SSSR count). The molecule has 1 aliphatic heterocycles. The number of rotatable bonds is 4. The van der Waals surface area contributed by atoms with Crippen LogP contribution in [-0.4, -0.2) is 34.4 Å². The molecule has 1 aliphatic rings. The van der Waals surface area contributed by atoms with Crippen molar-refractivity contribution in [3.63, 3.8) is 0 Å². The Morgan fingerprint density at radius 1 is 1.03 bits per heavy atom. The molecule has 3 aromatic rings. The number of anilines is 1. The Balaban J connectivity index is 1.74. The molecule has 0 saturated carbocycles. The first-order valence-corrected chi connectivity index (χ1v) is 11.2. The number of hydrogen-bond donors (Lipinski definition) is 1. The second-order valence-corrected chi connectivity index (χ2v) is 8.82. The van der Waals surface area contributed by atoms with Gasteiger partial charge in [0, 0.05) is 42.8 Å². The third-order valence-electron chi connectivity index (χ3n) is 5.63. The van der Waals surface area contributed by atoms with E-state index in [1.807, 2.05) is 42.2 Å². The van der Waals surface area contributed by atoms with Crippen molar-refractivity contribution in [1.29, 1.82) is 0 Å². The molecule has 0 aliphatic carbocycles. The summed E-state index contributed by atoms with van der Waals surface area (Å²) in [5.74, 6) is -0.443. The van der Waals surface area contributed by atoms with Crippen LogP contribution in [0.1, 0.15) is 45.5 Å². The number of carbonyl (C=O) groups is 2. The predicted octanol–water partition coefficient (Wildman–Crippen LogP) is 4.30. The monoisotopic (exact) mass is 435 g/mol. The predicted molar refractivity (Wildman–Crippen MR) is 124 cm³/mol. The normalized spacial score (nSPS) is 13.8. The fraction of sp³-hybridized carbons (Fsp3) is 0.292. The highest BCUT2D eigenvalue weighted by atomic mass is 32.1. The molecule has 0 unspecified atom stereocenters. The Morgan fingerprint density at radius 3 is 2.42 bits per heavy atom. The summed E-state index contributed by atoms with van der Waals surface area (Å²) >= 11 is 1.40. The van der Waals surface area contributed by atoms with Crippen LogP contribution in [0.25, 0.3) is 10.4 Å². The largest absolute Gasteiger partial charge is 0.339 e. The summed E-state index contributed by atoms with van der Waals surface area (Å²) in [5, 5.41) is 3.43. The SMILES string of the molecule is Cc1c(-c2ccccc2)sc(NC(=O)c2ccn(C)c(=O)c2)c1C(=O)N1CCCCC1. The van der Waals surface area contributed by atoms with E-state index in [4.69, 9.17) is 0 Å². The zero-order valence-electron chi connectivity index (χ0n) is 17.7. The first-order chi connectivity index (χ1) is 15.0. The van der Waals surface area contributed by atoms with Crippen LogP contribution in [0.15, 0.2) is 53.5 Å². The number of aromatic nitrogens is 1. The minimum atomic E-state index is -0.397. The Hall–Kier alpha value is -3.19. The Bertz CT molecular complexity index is 1170. The van der Waals surface area contributed by atoms with E-state index < -0.39 is 5.91 Å². The average molecular weight is 436 g/mol. The topological polar surface area (TPSA) is 71.4 Å². The number of aryl methyl sites for hydroxylation is 1. The first kappa shape index (κ1) is 21.1. The van der Waals surface area contributed by atoms with E-state index in [0.29, 0.717) is 10.6 Å². The van der Waals surface area contributed by atoms with Crippen molar-refractivity contribution in [2.75, 3.05) is 18.4 Å². The average Bonchev–Trinajstić information content (AvgIpc) is 3.11. The molecule has 0 radical (unpaired) electrons. The van der Waals surface area contributed by atoms with Gasteiger partial charge in [-0.1, -0.05) is 30.3 Å². The molecule has 0 bridgehead atoms. The lowest BCUT2D eigenvalue weighted by Gasteiger charge is -2.27. The maximum Gasteiger partial charge on any atom is 0.257 e. The minimum absolute atomic E-state index is 0.0464. The summed E-state index contributed by atoms with van der Waals surface area (Å²) in [6.45, 7) is 3.40. The van der Waals surface area contributed by atoms with E-state index >= 15 is 0 Å². The van der Waals surface area contributed by atoms with E-state index in [2.05, 4.69) is 5.32 Å². The molecule has 1 N–H and O–H groups in total. The van der Waals surface area contributed by atoms with Gasteiger partial charge in [-0.3, -0.25) is 14.4 Å². The van der Waals surface area contributed by atoms with Gasteiger partial charge >= 0.3 is 0 Å². The minimum Gasteiger partial charge on any atom is -0.339 e. The van der Waals surface area contributed by atoms with Crippen LogP contribution in [0, 0.1) is 6.92 Å². The maximum atomic E-state index is 13.4. The molecule has 1 fully saturated rings. The number of likely N-dealkylation sites (tertiary alicyclic amines) is 1. The van der Waals surface area contributed by atoms with E-state index in [-0.39, 0.29) is 17.0 Å². The van der Waals surface area contributed by atoms with Gasteiger partial charge in [-0.25, -0.2) is 0 Å². The number of benzene rings is 1. The van der Waals surface area contributed by atoms with E-state index in [1.54, 1.807) is 19.3 Å². The van der Waals surface area contributed by atoms with Crippen molar-refractivity contribution in [1.82, 2.24) is 9.47 Å². The van der Waals surface area contributed by atoms with Gasteiger partial charge in [0.25, 0.3) is 17.4 Å². The smallest absolute Gasteiger partial charge is 0.257 e. The van der Waals surface area contributed by atoms with Gasteiger partial charge in [-0.15, -0.1) is 11.3 Å². The molecule has 7 heteroatoms. The van der Waals surface area contributed by atoms with Crippen molar-refractivity contribution in [2.24, 2.45) is 7.05 Å². The van der Waals surface area contributed by atoms with E-state index in [1.165, 1.54) is 22.0 Å². The zero-order valence-corrected chi connectivity index (χ0v) is 18.5. The van der Waals surface area contributed by atoms with E-state index in [0.717, 1.165) is 48.4 Å². The molecular formula is C24H25N3O3S. The van der Waals surface area contributed by atoms with Crippen LogP contribution in [0.3, 0.4) is 0 Å². The molecule has 0 atom stereocenters. The van der Waals surface area contributed by atoms with Crippen LogP contribution in [0.2, 0.25) is 0 Å². The van der Waals surface area contributed by atoms with Gasteiger partial charge in [0.05, 0.1) is 5.56 Å². The highest BCUT2D eigenvalue weighted by molar-refractivity contribution is 7.20. The fourth-order valence-electron chi connectivity index (χ4n) is 3.84. The number of thiophene rings is 1. The van der Waals surface area contributed by atoms with Crippen molar-refractivity contribution in [3.05, 3.63) is 75.7 Å². The molecule has 31 heavy (non-hydrogen) atoms. The summed E-state index contributed by atoms with van der Waals surface area (Å²) in [6, 6.07) is 12.8. The van der Waals surface area contributed by atoms with Gasteiger partial charge in [-0.05, 0) is 43.4 Å². The van der Waals surface area contributed by atoms with Gasteiger partial charge in [0.15, 0.2) is 0 Å². The lowest BCUT2D eigenvalue weighted by molar-refractivity contribution is 0.0725. The third kappa shape index (κ3) is 4.32. The van der Waals surface area contributed by atoms with Crippen molar-refractivity contribution >= 4 is 28.2 Å². The number of hydrogen-bond acceptors (Lipinski definition) is 4. The standard InChI is InChI=1S/C24H25N3O3S/c1-16-20(24(30)27-12-7-4-8-13-27)23(31-21(16)17-9-5-3-6-10-17)25-22(29)18-11-14-26(2)19(28)15-18/h3,5-6,9-11,14-15H,4,7-8,12-13H2,1-2H3,(H,25,29).